The molecule has 4 unspecified atom stereocenters. The molecule has 5 atom stereocenters. The van der Waals surface area contributed by atoms with Crippen LogP contribution >= 0.6 is 11.8 Å². The van der Waals surface area contributed by atoms with E-state index in [9.17, 15) is 27.6 Å². The number of benzene rings is 1. The fourth-order valence-electron chi connectivity index (χ4n) is 6.44. The standard InChI is InChI=1S/C35H45N5O9S2/c1-34(2,3)49-33(44)37-27-20-50-15-7-5-6-8-22-18-35(22,32(43)39-51(45,46)25-10-11-25)38-29(41)28-17-24(19-40(28)31(27)42)48-30-26-12-9-23(47-4)16-21(26)13-14-36-30/h6,8-9,12-14,16,22,24-25,27-28H,5,7,10-11,15,17-20H2,1-4H3,(H,37,44)(H,38,41)(H,39,43)/t22?,24-,27?,28?,35?/m1/s1. The third-order valence-electron chi connectivity index (χ3n) is 9.33. The van der Waals surface area contributed by atoms with E-state index >= 15 is 0 Å². The molecule has 3 N–H and O–H groups in total. The molecule has 0 spiro atoms. The van der Waals surface area contributed by atoms with Gasteiger partial charge in [0.1, 0.15) is 35.1 Å². The molecule has 3 fully saturated rings. The zero-order chi connectivity index (χ0) is 36.6. The first kappa shape index (κ1) is 36.7. The van der Waals surface area contributed by atoms with E-state index in [4.69, 9.17) is 14.2 Å². The van der Waals surface area contributed by atoms with Crippen LogP contribution in [0.1, 0.15) is 59.3 Å². The fraction of sp³-hybridized carbons (Fsp3) is 0.571. The average molecular weight is 744 g/mol. The molecule has 1 aromatic carbocycles. The first-order chi connectivity index (χ1) is 24.2. The largest absolute Gasteiger partial charge is 0.497 e. The number of amides is 4. The fourth-order valence-corrected chi connectivity index (χ4v) is 8.80. The molecule has 0 bridgehead atoms. The van der Waals surface area contributed by atoms with E-state index in [0.29, 0.717) is 42.0 Å². The lowest BCUT2D eigenvalue weighted by molar-refractivity contribution is -0.140. The SMILES string of the molecule is COc1ccc2c(O[C@@H]3CC4C(=O)NC5(C(=O)NS(=O)(=O)C6CC6)CC5C=CCCCSCC(NC(=O)OC(C)(C)C)C(=O)N4C3)nccc2c1. The van der Waals surface area contributed by atoms with Crippen molar-refractivity contribution in [3.8, 4) is 11.6 Å². The molecule has 2 aliphatic carbocycles. The summed E-state index contributed by atoms with van der Waals surface area (Å²) in [5.41, 5.74) is -2.30. The van der Waals surface area contributed by atoms with Crippen LogP contribution in [0.3, 0.4) is 0 Å². The number of fused-ring (bicyclic) bond motifs is 3. The van der Waals surface area contributed by atoms with Crippen LogP contribution in [0.5, 0.6) is 11.6 Å². The highest BCUT2D eigenvalue weighted by Gasteiger charge is 2.62. The second kappa shape index (κ2) is 14.5. The van der Waals surface area contributed by atoms with Gasteiger partial charge in [0.05, 0.1) is 18.9 Å². The second-order valence-corrected chi connectivity index (χ2v) is 17.6. The summed E-state index contributed by atoms with van der Waals surface area (Å²) in [7, 11) is -2.31. The molecular formula is C35H45N5O9S2. The zero-order valence-electron chi connectivity index (χ0n) is 29.2. The third kappa shape index (κ3) is 8.54. The van der Waals surface area contributed by atoms with Gasteiger partial charge >= 0.3 is 6.09 Å². The molecule has 1 aromatic heterocycles. The van der Waals surface area contributed by atoms with E-state index in [1.54, 1.807) is 40.1 Å². The predicted octanol–water partition coefficient (Wildman–Crippen LogP) is 3.05. The zero-order valence-corrected chi connectivity index (χ0v) is 30.8. The highest BCUT2D eigenvalue weighted by molar-refractivity contribution is 7.99. The number of alkyl carbamates (subject to hydrolysis) is 1. The molecule has 14 nitrogen and oxygen atoms in total. The van der Waals surface area contributed by atoms with E-state index in [1.807, 2.05) is 30.4 Å². The molecule has 276 valence electrons. The summed E-state index contributed by atoms with van der Waals surface area (Å²) in [4.78, 5) is 61.0. The lowest BCUT2D eigenvalue weighted by Crippen LogP contribution is -2.58. The number of carbonyl (C=O) groups excluding carboxylic acids is 4. The molecule has 0 radical (unpaired) electrons. The first-order valence-electron chi connectivity index (χ1n) is 17.2. The Hall–Kier alpha value is -4.05. The number of nitrogens with zero attached hydrogens (tertiary/aromatic N) is 2. The Balaban J connectivity index is 1.30. The first-order valence-corrected chi connectivity index (χ1v) is 19.9. The molecule has 6 rings (SSSR count). The average Bonchev–Trinajstić information content (AvgIpc) is 3.99. The van der Waals surface area contributed by atoms with E-state index in [1.165, 1.54) is 16.7 Å². The Morgan fingerprint density at radius 3 is 2.67 bits per heavy atom. The summed E-state index contributed by atoms with van der Waals surface area (Å²) in [6.45, 7) is 5.15. The number of aromatic nitrogens is 1. The van der Waals surface area contributed by atoms with Gasteiger partial charge in [0, 0.05) is 29.7 Å². The summed E-state index contributed by atoms with van der Waals surface area (Å²) in [6, 6.07) is 5.13. The van der Waals surface area contributed by atoms with Gasteiger partial charge in [0.25, 0.3) is 5.91 Å². The van der Waals surface area contributed by atoms with Gasteiger partial charge in [-0.1, -0.05) is 12.2 Å². The van der Waals surface area contributed by atoms with Crippen molar-refractivity contribution in [2.75, 3.05) is 25.2 Å². The van der Waals surface area contributed by atoms with Crippen molar-refractivity contribution in [3.63, 3.8) is 0 Å². The van der Waals surface area contributed by atoms with Gasteiger partial charge in [0.2, 0.25) is 27.7 Å². The van der Waals surface area contributed by atoms with E-state index < -0.39 is 74.3 Å². The van der Waals surface area contributed by atoms with Gasteiger partial charge in [-0.25, -0.2) is 18.2 Å². The number of hydrogen-bond acceptors (Lipinski definition) is 11. The Labute approximate surface area is 301 Å². The molecule has 1 saturated heterocycles. The molecule has 4 aliphatic rings. The Morgan fingerprint density at radius 1 is 1.16 bits per heavy atom. The summed E-state index contributed by atoms with van der Waals surface area (Å²) < 4.78 is 45.0. The number of nitrogens with one attached hydrogen (secondary N) is 3. The number of pyridine rings is 1. The van der Waals surface area contributed by atoms with Gasteiger partial charge in [-0.2, -0.15) is 11.8 Å². The quantitative estimate of drug-likeness (QED) is 0.355. The Kier molecular flexibility index (Phi) is 10.5. The maximum Gasteiger partial charge on any atom is 0.408 e. The second-order valence-electron chi connectivity index (χ2n) is 14.5. The highest BCUT2D eigenvalue weighted by atomic mass is 32.2. The Bertz CT molecular complexity index is 1830. The predicted molar refractivity (Wildman–Crippen MR) is 191 cm³/mol. The number of ether oxygens (including phenoxy) is 3. The van der Waals surface area contributed by atoms with Crippen molar-refractivity contribution in [2.45, 2.75) is 93.9 Å². The van der Waals surface area contributed by atoms with Crippen molar-refractivity contribution >= 4 is 56.4 Å². The Morgan fingerprint density at radius 2 is 1.94 bits per heavy atom. The van der Waals surface area contributed by atoms with Gasteiger partial charge in [-0.05, 0) is 88.3 Å². The molecule has 16 heteroatoms. The maximum absolute atomic E-state index is 14.4. The van der Waals surface area contributed by atoms with Crippen LogP contribution in [-0.2, 0) is 29.1 Å². The number of methoxy groups -OCH3 is 1. The van der Waals surface area contributed by atoms with Gasteiger partial charge < -0.3 is 29.7 Å². The van der Waals surface area contributed by atoms with Crippen molar-refractivity contribution in [1.82, 2.24) is 25.2 Å². The van der Waals surface area contributed by atoms with Crippen LogP contribution in [0.2, 0.25) is 0 Å². The van der Waals surface area contributed by atoms with Crippen LogP contribution in [-0.4, -0.2) is 102 Å². The van der Waals surface area contributed by atoms with Crippen molar-refractivity contribution in [1.29, 1.82) is 0 Å². The number of sulfonamides is 1. The third-order valence-corrected chi connectivity index (χ3v) is 12.3. The smallest absolute Gasteiger partial charge is 0.408 e. The van der Waals surface area contributed by atoms with Crippen LogP contribution < -0.4 is 24.8 Å². The summed E-state index contributed by atoms with van der Waals surface area (Å²) in [5.74, 6) is -0.466. The number of rotatable bonds is 7. The summed E-state index contributed by atoms with van der Waals surface area (Å²) in [6.07, 6.45) is 6.58. The van der Waals surface area contributed by atoms with Crippen LogP contribution in [0.4, 0.5) is 4.79 Å². The molecular weight excluding hydrogens is 699 g/mol. The number of carbonyl (C=O) groups is 4. The van der Waals surface area contributed by atoms with Gasteiger partial charge in [-0.3, -0.25) is 19.1 Å². The van der Waals surface area contributed by atoms with E-state index in [2.05, 4.69) is 20.3 Å². The number of allylic oxidation sites excluding steroid dienone is 1. The van der Waals surface area contributed by atoms with Crippen LogP contribution in [0.15, 0.2) is 42.6 Å². The van der Waals surface area contributed by atoms with Crippen LogP contribution in [0, 0.1) is 5.92 Å². The molecule has 4 amide bonds. The molecule has 51 heavy (non-hydrogen) atoms. The molecule has 2 saturated carbocycles. The van der Waals surface area contributed by atoms with Crippen LogP contribution in [0.25, 0.3) is 10.8 Å². The van der Waals surface area contributed by atoms with E-state index in [0.717, 1.165) is 11.8 Å². The van der Waals surface area contributed by atoms with Gasteiger partial charge in [0.15, 0.2) is 0 Å². The lowest BCUT2D eigenvalue weighted by Gasteiger charge is -2.30. The highest BCUT2D eigenvalue weighted by Crippen LogP contribution is 2.46. The topological polar surface area (TPSA) is 182 Å². The minimum Gasteiger partial charge on any atom is -0.497 e. The summed E-state index contributed by atoms with van der Waals surface area (Å²) >= 11 is 1.50. The normalized spacial score (nSPS) is 27.3. The van der Waals surface area contributed by atoms with Crippen molar-refractivity contribution in [2.24, 2.45) is 5.92 Å². The lowest BCUT2D eigenvalue weighted by atomic mass is 10.1. The maximum atomic E-state index is 14.4. The number of thioether (sulfide) groups is 1. The minimum atomic E-state index is -3.88. The molecule has 2 aromatic rings. The monoisotopic (exact) mass is 743 g/mol. The van der Waals surface area contributed by atoms with E-state index in [-0.39, 0.29) is 25.1 Å². The minimum absolute atomic E-state index is 0.0130. The molecule has 2 aliphatic heterocycles. The van der Waals surface area contributed by atoms with Crippen molar-refractivity contribution < 1.29 is 41.8 Å². The number of hydrogen-bond donors (Lipinski definition) is 3. The summed E-state index contributed by atoms with van der Waals surface area (Å²) in [5, 5.41) is 6.48. The van der Waals surface area contributed by atoms with Gasteiger partial charge in [-0.15, -0.1) is 0 Å². The molecule has 3 heterocycles. The van der Waals surface area contributed by atoms with Crippen molar-refractivity contribution in [3.05, 3.63) is 42.6 Å².